The van der Waals surface area contributed by atoms with Gasteiger partial charge in [0, 0.05) is 0 Å². The van der Waals surface area contributed by atoms with Crippen molar-refractivity contribution in [3.63, 3.8) is 0 Å². The van der Waals surface area contributed by atoms with Crippen LogP contribution in [-0.2, 0) is 0 Å². The Morgan fingerprint density at radius 2 is 1.75 bits per heavy atom. The van der Waals surface area contributed by atoms with Crippen molar-refractivity contribution in [1.29, 1.82) is 5.26 Å². The molecule has 0 aliphatic heterocycles. The van der Waals surface area contributed by atoms with Crippen LogP contribution < -0.4 is 0 Å². The van der Waals surface area contributed by atoms with Gasteiger partial charge in [-0.1, -0.05) is 40.0 Å². The Bertz CT molecular complexity index is 226. The molecule has 0 spiro atoms. The Morgan fingerprint density at radius 3 is 2.12 bits per heavy atom. The zero-order valence-electron chi connectivity index (χ0n) is 11.3. The maximum atomic E-state index is 9.49. The first-order valence-corrected chi connectivity index (χ1v) is 7.11. The van der Waals surface area contributed by atoms with Crippen molar-refractivity contribution in [3.05, 3.63) is 0 Å². The summed E-state index contributed by atoms with van der Waals surface area (Å²) in [6, 6.07) is 2.66. The van der Waals surface area contributed by atoms with Crippen LogP contribution in [0.3, 0.4) is 0 Å². The zero-order valence-corrected chi connectivity index (χ0v) is 11.3. The minimum atomic E-state index is 0.0301. The first-order valence-electron chi connectivity index (χ1n) is 7.11. The van der Waals surface area contributed by atoms with Crippen LogP contribution >= 0.6 is 0 Å². The molecular weight excluding hydrogens is 194 g/mol. The van der Waals surface area contributed by atoms with Crippen molar-refractivity contribution < 1.29 is 0 Å². The maximum absolute atomic E-state index is 9.49. The van der Waals surface area contributed by atoms with Crippen LogP contribution in [0.15, 0.2) is 0 Å². The van der Waals surface area contributed by atoms with Crippen molar-refractivity contribution in [2.45, 2.75) is 72.1 Å². The van der Waals surface area contributed by atoms with Gasteiger partial charge in [0.1, 0.15) is 0 Å². The van der Waals surface area contributed by atoms with E-state index >= 15 is 0 Å². The molecule has 1 aliphatic carbocycles. The fourth-order valence-corrected chi connectivity index (χ4v) is 3.13. The average Bonchev–Trinajstić information content (AvgIpc) is 2.36. The van der Waals surface area contributed by atoms with Crippen LogP contribution in [0.5, 0.6) is 0 Å². The molecule has 1 nitrogen and oxygen atoms in total. The Kier molecular flexibility index (Phi) is 5.32. The third-order valence-electron chi connectivity index (χ3n) is 4.71. The van der Waals surface area contributed by atoms with Gasteiger partial charge >= 0.3 is 0 Å². The van der Waals surface area contributed by atoms with Gasteiger partial charge in [0.25, 0.3) is 0 Å². The van der Waals surface area contributed by atoms with E-state index in [1.165, 1.54) is 32.1 Å². The first-order chi connectivity index (χ1) is 7.69. The number of hydrogen-bond donors (Lipinski definition) is 0. The second-order valence-electron chi connectivity index (χ2n) is 5.63. The third-order valence-corrected chi connectivity index (χ3v) is 4.71. The average molecular weight is 221 g/mol. The molecule has 0 bridgehead atoms. The molecule has 1 heteroatoms. The maximum Gasteiger partial charge on any atom is 0.0689 e. The van der Waals surface area contributed by atoms with Gasteiger partial charge < -0.3 is 0 Å². The number of rotatable bonds is 5. The van der Waals surface area contributed by atoms with Crippen molar-refractivity contribution in [2.24, 2.45) is 17.3 Å². The molecule has 1 saturated carbocycles. The molecule has 1 fully saturated rings. The minimum Gasteiger partial charge on any atom is -0.198 e. The second kappa shape index (κ2) is 6.28. The quantitative estimate of drug-likeness (QED) is 0.646. The number of hydrogen-bond acceptors (Lipinski definition) is 1. The molecule has 0 aromatic carbocycles. The molecule has 0 heterocycles. The molecule has 0 aromatic rings. The van der Waals surface area contributed by atoms with Gasteiger partial charge in [-0.25, -0.2) is 0 Å². The van der Waals surface area contributed by atoms with Crippen LogP contribution in [-0.4, -0.2) is 0 Å². The van der Waals surface area contributed by atoms with E-state index in [9.17, 15) is 5.26 Å². The van der Waals surface area contributed by atoms with E-state index < -0.39 is 0 Å². The van der Waals surface area contributed by atoms with Crippen LogP contribution in [0.25, 0.3) is 0 Å². The molecule has 0 N–H and O–H groups in total. The van der Waals surface area contributed by atoms with E-state index in [0.717, 1.165) is 31.1 Å². The number of nitrogens with zero attached hydrogens (tertiary/aromatic N) is 1. The standard InChI is InChI=1S/C15H27N/c1-4-13(5-2)11-15(12-16)9-7-14(6-3)8-10-15/h13-14H,4-11H2,1-3H3. The first kappa shape index (κ1) is 13.6. The third kappa shape index (κ3) is 3.24. The van der Waals surface area contributed by atoms with Crippen molar-refractivity contribution in [1.82, 2.24) is 0 Å². The van der Waals surface area contributed by atoms with Crippen LogP contribution in [0.1, 0.15) is 72.1 Å². The fourth-order valence-electron chi connectivity index (χ4n) is 3.13. The lowest BCUT2D eigenvalue weighted by molar-refractivity contribution is 0.164. The summed E-state index contributed by atoms with van der Waals surface area (Å²) in [5, 5.41) is 9.49. The molecule has 0 aromatic heterocycles. The number of nitriles is 1. The van der Waals surface area contributed by atoms with E-state index in [2.05, 4.69) is 26.8 Å². The highest BCUT2D eigenvalue weighted by Crippen LogP contribution is 2.44. The summed E-state index contributed by atoms with van der Waals surface area (Å²) in [5.74, 6) is 1.65. The Hall–Kier alpha value is -0.510. The van der Waals surface area contributed by atoms with E-state index in [1.807, 2.05) is 0 Å². The lowest BCUT2D eigenvalue weighted by Gasteiger charge is -2.36. The molecular formula is C15H27N. The van der Waals surface area contributed by atoms with Crippen molar-refractivity contribution >= 4 is 0 Å². The van der Waals surface area contributed by atoms with Gasteiger partial charge in [-0.2, -0.15) is 5.26 Å². The fraction of sp³-hybridized carbons (Fsp3) is 0.933. The lowest BCUT2D eigenvalue weighted by Crippen LogP contribution is -2.28. The van der Waals surface area contributed by atoms with Crippen LogP contribution in [0, 0.1) is 28.6 Å². The largest absolute Gasteiger partial charge is 0.198 e. The van der Waals surface area contributed by atoms with Gasteiger partial charge in [-0.15, -0.1) is 0 Å². The monoisotopic (exact) mass is 221 g/mol. The van der Waals surface area contributed by atoms with E-state index in [-0.39, 0.29) is 5.41 Å². The topological polar surface area (TPSA) is 23.8 Å². The predicted molar refractivity (Wildman–Crippen MR) is 69.0 cm³/mol. The summed E-state index contributed by atoms with van der Waals surface area (Å²) in [6.45, 7) is 6.80. The van der Waals surface area contributed by atoms with Crippen molar-refractivity contribution in [2.75, 3.05) is 0 Å². The summed E-state index contributed by atoms with van der Waals surface area (Å²) in [7, 11) is 0. The van der Waals surface area contributed by atoms with Crippen molar-refractivity contribution in [3.8, 4) is 6.07 Å². The highest BCUT2D eigenvalue weighted by atomic mass is 14.4. The summed E-state index contributed by atoms with van der Waals surface area (Å²) >= 11 is 0. The normalized spacial score (nSPS) is 30.3. The van der Waals surface area contributed by atoms with E-state index in [0.29, 0.717) is 0 Å². The van der Waals surface area contributed by atoms with Crippen LogP contribution in [0.4, 0.5) is 0 Å². The lowest BCUT2D eigenvalue weighted by atomic mass is 9.66. The molecule has 0 atom stereocenters. The molecule has 92 valence electrons. The highest BCUT2D eigenvalue weighted by molar-refractivity contribution is 5.02. The zero-order chi connectivity index (χ0) is 12.0. The Morgan fingerprint density at radius 1 is 1.19 bits per heavy atom. The minimum absolute atomic E-state index is 0.0301. The van der Waals surface area contributed by atoms with Crippen LogP contribution in [0.2, 0.25) is 0 Å². The van der Waals surface area contributed by atoms with Gasteiger partial charge in [0.15, 0.2) is 0 Å². The molecule has 0 saturated heterocycles. The summed E-state index contributed by atoms with van der Waals surface area (Å²) in [6.07, 6.45) is 9.78. The van der Waals surface area contributed by atoms with Gasteiger partial charge in [0.2, 0.25) is 0 Å². The van der Waals surface area contributed by atoms with E-state index in [1.54, 1.807) is 0 Å². The second-order valence-corrected chi connectivity index (χ2v) is 5.63. The highest BCUT2D eigenvalue weighted by Gasteiger charge is 2.36. The summed E-state index contributed by atoms with van der Waals surface area (Å²) < 4.78 is 0. The van der Waals surface area contributed by atoms with Gasteiger partial charge in [0.05, 0.1) is 11.5 Å². The summed E-state index contributed by atoms with van der Waals surface area (Å²) in [4.78, 5) is 0. The molecule has 0 amide bonds. The Balaban J connectivity index is 2.56. The molecule has 0 unspecified atom stereocenters. The molecule has 1 rings (SSSR count). The Labute approximate surface area is 101 Å². The predicted octanol–water partition coefficient (Wildman–Crippen LogP) is 4.92. The summed E-state index contributed by atoms with van der Waals surface area (Å²) in [5.41, 5.74) is 0.0301. The molecule has 0 radical (unpaired) electrons. The SMILES string of the molecule is CCC1CCC(C#N)(CC(CC)CC)CC1. The van der Waals surface area contributed by atoms with E-state index in [4.69, 9.17) is 0 Å². The smallest absolute Gasteiger partial charge is 0.0689 e. The van der Waals surface area contributed by atoms with Gasteiger partial charge in [-0.05, 0) is 43.9 Å². The molecule has 1 aliphatic rings. The van der Waals surface area contributed by atoms with Gasteiger partial charge in [-0.3, -0.25) is 0 Å². The molecule has 16 heavy (non-hydrogen) atoms.